The Balaban J connectivity index is 0.00000363. The van der Waals surface area contributed by atoms with Crippen LogP contribution in [-0.4, -0.2) is 60.8 Å². The number of nitrogens with zero attached hydrogens (tertiary/aromatic N) is 3. The second-order valence-corrected chi connectivity index (χ2v) is 7.87. The van der Waals surface area contributed by atoms with Crippen LogP contribution in [0.1, 0.15) is 28.4 Å². The molecule has 2 aromatic carbocycles. The molecule has 32 heavy (non-hydrogen) atoms. The first-order valence-electron chi connectivity index (χ1n) is 10.3. The summed E-state index contributed by atoms with van der Waals surface area (Å²) in [5, 5.41) is 6.75. The van der Waals surface area contributed by atoms with E-state index >= 15 is 0 Å². The normalized spacial score (nSPS) is 13.8. The Hall–Kier alpha value is -2.33. The predicted octanol–water partition coefficient (Wildman–Crippen LogP) is 3.13. The Morgan fingerprint density at radius 1 is 1.22 bits per heavy atom. The monoisotopic (exact) mass is 569 g/mol. The molecule has 2 N–H and O–H groups in total. The van der Waals surface area contributed by atoms with Gasteiger partial charge in [0.05, 0.1) is 13.1 Å². The molecule has 2 aromatic rings. The van der Waals surface area contributed by atoms with Crippen molar-refractivity contribution in [1.82, 2.24) is 20.4 Å². The Bertz CT molecular complexity index is 952. The number of carbonyl (C=O) groups is 2. The molecule has 7 nitrogen and oxygen atoms in total. The number of nitrogens with one attached hydrogen (secondary N) is 2. The summed E-state index contributed by atoms with van der Waals surface area (Å²) in [6.07, 6.45) is 0. The molecule has 0 spiro atoms. The summed E-state index contributed by atoms with van der Waals surface area (Å²) in [5.41, 5.74) is 2.68. The third kappa shape index (κ3) is 7.37. The van der Waals surface area contributed by atoms with Gasteiger partial charge in [0.25, 0.3) is 5.91 Å². The summed E-state index contributed by atoms with van der Waals surface area (Å²) in [6, 6.07) is 15.2. The largest absolute Gasteiger partial charge is 0.357 e. The number of aliphatic imine (C=N–C) groups is 1. The first kappa shape index (κ1) is 25.9. The summed E-state index contributed by atoms with van der Waals surface area (Å²) in [7, 11) is 1.99. The van der Waals surface area contributed by atoms with E-state index in [1.807, 2.05) is 50.4 Å². The molecule has 2 amide bonds. The molecule has 1 fully saturated rings. The fraction of sp³-hybridized carbons (Fsp3) is 0.348. The maximum absolute atomic E-state index is 12.6. The predicted molar refractivity (Wildman–Crippen MR) is 139 cm³/mol. The van der Waals surface area contributed by atoms with Gasteiger partial charge in [-0.15, -0.1) is 24.0 Å². The molecule has 0 radical (unpaired) electrons. The lowest BCUT2D eigenvalue weighted by molar-refractivity contribution is -0.123. The van der Waals surface area contributed by atoms with Gasteiger partial charge in [0.2, 0.25) is 5.91 Å². The number of carbonyl (C=O) groups excluding carboxylic acids is 2. The van der Waals surface area contributed by atoms with E-state index in [1.165, 1.54) is 0 Å². The van der Waals surface area contributed by atoms with Crippen LogP contribution >= 0.6 is 35.6 Å². The highest BCUT2D eigenvalue weighted by Crippen LogP contribution is 2.13. The number of rotatable bonds is 6. The van der Waals surface area contributed by atoms with E-state index in [0.29, 0.717) is 36.8 Å². The van der Waals surface area contributed by atoms with Crippen molar-refractivity contribution in [3.05, 3.63) is 70.2 Å². The van der Waals surface area contributed by atoms with Gasteiger partial charge in [0.1, 0.15) is 0 Å². The van der Waals surface area contributed by atoms with E-state index in [-0.39, 0.29) is 42.3 Å². The zero-order valence-corrected chi connectivity index (χ0v) is 21.4. The van der Waals surface area contributed by atoms with Gasteiger partial charge in [0.15, 0.2) is 5.96 Å². The smallest absolute Gasteiger partial charge is 0.254 e. The van der Waals surface area contributed by atoms with E-state index in [9.17, 15) is 9.59 Å². The molecule has 3 rings (SSSR count). The highest BCUT2D eigenvalue weighted by Gasteiger charge is 2.22. The lowest BCUT2D eigenvalue weighted by Crippen LogP contribution is -2.49. The Labute approximate surface area is 211 Å². The summed E-state index contributed by atoms with van der Waals surface area (Å²) in [6.45, 7) is 5.09. The second kappa shape index (κ2) is 12.6. The van der Waals surface area contributed by atoms with Gasteiger partial charge in [-0.1, -0.05) is 35.9 Å². The zero-order chi connectivity index (χ0) is 22.2. The first-order valence-corrected chi connectivity index (χ1v) is 10.7. The van der Waals surface area contributed by atoms with E-state index in [2.05, 4.69) is 15.5 Å². The van der Waals surface area contributed by atoms with Crippen LogP contribution in [-0.2, 0) is 17.9 Å². The fourth-order valence-corrected chi connectivity index (χ4v) is 3.58. The molecule has 0 atom stereocenters. The van der Waals surface area contributed by atoms with Crippen molar-refractivity contribution in [3.63, 3.8) is 0 Å². The minimum Gasteiger partial charge on any atom is -0.357 e. The number of halogens is 2. The van der Waals surface area contributed by atoms with Crippen molar-refractivity contribution in [2.45, 2.75) is 20.0 Å². The van der Waals surface area contributed by atoms with Crippen LogP contribution in [0.25, 0.3) is 0 Å². The number of benzene rings is 2. The van der Waals surface area contributed by atoms with Crippen molar-refractivity contribution in [2.24, 2.45) is 4.99 Å². The molecule has 0 bridgehead atoms. The summed E-state index contributed by atoms with van der Waals surface area (Å²) < 4.78 is 0. The van der Waals surface area contributed by atoms with Crippen LogP contribution in [0, 0.1) is 0 Å². The Kier molecular flexibility index (Phi) is 10.2. The van der Waals surface area contributed by atoms with Crippen LogP contribution < -0.4 is 10.6 Å². The average Bonchev–Trinajstić information content (AvgIpc) is 2.76. The minimum absolute atomic E-state index is 0. The van der Waals surface area contributed by atoms with Gasteiger partial charge in [-0.2, -0.15) is 0 Å². The third-order valence-corrected chi connectivity index (χ3v) is 5.18. The maximum atomic E-state index is 12.6. The number of hydrogen-bond donors (Lipinski definition) is 2. The first-order chi connectivity index (χ1) is 15.0. The molecule has 0 aromatic heterocycles. The maximum Gasteiger partial charge on any atom is 0.254 e. The summed E-state index contributed by atoms with van der Waals surface area (Å²) >= 11 is 6.09. The number of hydrogen-bond acceptors (Lipinski definition) is 3. The van der Waals surface area contributed by atoms with Gasteiger partial charge in [0, 0.05) is 43.8 Å². The summed E-state index contributed by atoms with van der Waals surface area (Å²) in [5.74, 6) is 0.546. The van der Waals surface area contributed by atoms with Gasteiger partial charge in [-0.05, 0) is 42.3 Å². The van der Waals surface area contributed by atoms with Gasteiger partial charge < -0.3 is 20.4 Å². The minimum atomic E-state index is -0.125. The molecule has 172 valence electrons. The van der Waals surface area contributed by atoms with E-state index in [1.54, 1.807) is 17.0 Å². The Morgan fingerprint density at radius 3 is 2.62 bits per heavy atom. The van der Waals surface area contributed by atoms with Crippen LogP contribution in [0.2, 0.25) is 5.02 Å². The van der Waals surface area contributed by atoms with Crippen LogP contribution in [0.4, 0.5) is 0 Å². The topological polar surface area (TPSA) is 77.0 Å². The van der Waals surface area contributed by atoms with E-state index < -0.39 is 0 Å². The van der Waals surface area contributed by atoms with Gasteiger partial charge >= 0.3 is 0 Å². The molecule has 0 unspecified atom stereocenters. The number of piperazine rings is 1. The fourth-order valence-electron chi connectivity index (χ4n) is 3.37. The Morgan fingerprint density at radius 2 is 1.97 bits per heavy atom. The van der Waals surface area contributed by atoms with E-state index in [0.717, 1.165) is 23.6 Å². The zero-order valence-electron chi connectivity index (χ0n) is 18.3. The molecular formula is C23H29ClIN5O2. The van der Waals surface area contributed by atoms with Crippen molar-refractivity contribution < 1.29 is 9.59 Å². The second-order valence-electron chi connectivity index (χ2n) is 7.43. The van der Waals surface area contributed by atoms with Crippen molar-refractivity contribution in [2.75, 3.05) is 33.2 Å². The highest BCUT2D eigenvalue weighted by molar-refractivity contribution is 14.0. The summed E-state index contributed by atoms with van der Waals surface area (Å²) in [4.78, 5) is 32.4. The number of amides is 2. The van der Waals surface area contributed by atoms with Crippen LogP contribution in [0.3, 0.4) is 0 Å². The van der Waals surface area contributed by atoms with Gasteiger partial charge in [-0.3, -0.25) is 9.59 Å². The van der Waals surface area contributed by atoms with Gasteiger partial charge in [-0.25, -0.2) is 4.99 Å². The van der Waals surface area contributed by atoms with Crippen molar-refractivity contribution in [1.29, 1.82) is 0 Å². The molecule has 9 heteroatoms. The molecule has 0 aliphatic carbocycles. The molecule has 1 aliphatic heterocycles. The molecule has 1 saturated heterocycles. The van der Waals surface area contributed by atoms with Crippen molar-refractivity contribution in [3.8, 4) is 0 Å². The quantitative estimate of drug-likeness (QED) is 0.319. The number of guanidine groups is 1. The molecular weight excluding hydrogens is 541 g/mol. The SMILES string of the molecule is CCNC(=NCc1ccc(C(=O)N2CCNC(=O)C2)cc1)N(C)Cc1cccc(Cl)c1.I. The molecule has 1 heterocycles. The van der Waals surface area contributed by atoms with Crippen LogP contribution in [0.15, 0.2) is 53.5 Å². The highest BCUT2D eigenvalue weighted by atomic mass is 127. The third-order valence-electron chi connectivity index (χ3n) is 4.94. The van der Waals surface area contributed by atoms with Crippen molar-refractivity contribution >= 4 is 53.4 Å². The molecule has 0 saturated carbocycles. The van der Waals surface area contributed by atoms with E-state index in [4.69, 9.17) is 16.6 Å². The van der Waals surface area contributed by atoms with Crippen LogP contribution in [0.5, 0.6) is 0 Å². The standard InChI is InChI=1S/C23H28ClN5O2.HI/c1-3-25-23(28(2)15-18-5-4-6-20(24)13-18)27-14-17-7-9-19(10-8-17)22(31)29-12-11-26-21(30)16-29;/h4-10,13H,3,11-12,14-16H2,1-2H3,(H,25,27)(H,26,30);1H. The lowest BCUT2D eigenvalue weighted by atomic mass is 10.1. The average molecular weight is 570 g/mol. The molecule has 1 aliphatic rings. The lowest BCUT2D eigenvalue weighted by Gasteiger charge is -2.26.